The van der Waals surface area contributed by atoms with Gasteiger partial charge in [-0.2, -0.15) is 0 Å². The smallest absolute Gasteiger partial charge is 0.268 e. The number of hydrogen-bond donors (Lipinski definition) is 1. The van der Waals surface area contributed by atoms with Crippen molar-refractivity contribution in [1.82, 2.24) is 28.8 Å². The predicted molar refractivity (Wildman–Crippen MR) is 135 cm³/mol. The molecule has 0 fully saturated rings. The molecule has 1 N–H and O–H groups in total. The lowest BCUT2D eigenvalue weighted by molar-refractivity contribution is 0.242. The summed E-state index contributed by atoms with van der Waals surface area (Å²) in [5, 5.41) is 0.870. The first kappa shape index (κ1) is 22.3. The summed E-state index contributed by atoms with van der Waals surface area (Å²) in [6.45, 7) is 1.62. The van der Waals surface area contributed by atoms with Crippen molar-refractivity contribution in [2.24, 2.45) is 0 Å². The minimum Gasteiger partial charge on any atom is -0.306 e. The maximum Gasteiger partial charge on any atom is 0.268 e. The van der Waals surface area contributed by atoms with Crippen LogP contribution in [0.4, 0.5) is 0 Å². The number of benzene rings is 2. The molecule has 1 aliphatic heterocycles. The van der Waals surface area contributed by atoms with Crippen LogP contribution in [0.2, 0.25) is 0 Å². The number of nitrogens with zero attached hydrogens (tertiary/aromatic N) is 5. The lowest BCUT2D eigenvalue weighted by Crippen LogP contribution is -2.35. The highest BCUT2D eigenvalue weighted by molar-refractivity contribution is 7.90. The fraction of sp³-hybridized carbons (Fsp3) is 0.154. The molecule has 36 heavy (non-hydrogen) atoms. The van der Waals surface area contributed by atoms with Gasteiger partial charge < -0.3 is 4.98 Å². The zero-order chi connectivity index (χ0) is 24.7. The molecule has 10 heteroatoms. The highest BCUT2D eigenvalue weighted by atomic mass is 32.2. The van der Waals surface area contributed by atoms with Crippen LogP contribution < -0.4 is 5.56 Å². The standard InChI is InChI=1S/C26H22N6O3S/c33-26-22-16-31(11-10-23(22)29-25(30-26)18-12-27-17-28-13-18)14-19-15-32(24-9-5-4-8-21(19)24)36(34,35)20-6-2-1-3-7-20/h1-9,12-13,15,17H,10-11,14,16H2,(H,29,30,33). The summed E-state index contributed by atoms with van der Waals surface area (Å²) in [6, 6.07) is 15.9. The van der Waals surface area contributed by atoms with E-state index >= 15 is 0 Å². The largest absolute Gasteiger partial charge is 0.306 e. The Morgan fingerprint density at radius 2 is 1.72 bits per heavy atom. The first-order valence-corrected chi connectivity index (χ1v) is 12.9. The van der Waals surface area contributed by atoms with Gasteiger partial charge in [-0.1, -0.05) is 36.4 Å². The molecule has 0 atom stereocenters. The predicted octanol–water partition coefficient (Wildman–Crippen LogP) is 2.98. The maximum absolute atomic E-state index is 13.4. The molecule has 9 nitrogen and oxygen atoms in total. The van der Waals surface area contributed by atoms with Gasteiger partial charge in [0.15, 0.2) is 0 Å². The van der Waals surface area contributed by atoms with Gasteiger partial charge >= 0.3 is 0 Å². The number of hydrogen-bond acceptors (Lipinski definition) is 7. The molecule has 5 aromatic rings. The Labute approximate surface area is 207 Å². The van der Waals surface area contributed by atoms with Crippen molar-refractivity contribution in [2.75, 3.05) is 6.54 Å². The number of aromatic amines is 1. The number of para-hydroxylation sites is 1. The van der Waals surface area contributed by atoms with E-state index in [1.165, 1.54) is 10.3 Å². The topological polar surface area (TPSA) is 114 Å². The van der Waals surface area contributed by atoms with Gasteiger partial charge in [-0.25, -0.2) is 27.3 Å². The van der Waals surface area contributed by atoms with Gasteiger partial charge in [0, 0.05) is 50.0 Å². The summed E-state index contributed by atoms with van der Waals surface area (Å²) < 4.78 is 28.1. The van der Waals surface area contributed by atoms with E-state index in [0.29, 0.717) is 48.5 Å². The molecule has 3 aromatic heterocycles. The first-order chi connectivity index (χ1) is 17.5. The third kappa shape index (κ3) is 3.90. The van der Waals surface area contributed by atoms with Crippen LogP contribution in [0, 0.1) is 0 Å². The molecule has 0 radical (unpaired) electrons. The van der Waals surface area contributed by atoms with Gasteiger partial charge in [-0.05, 0) is 23.8 Å². The van der Waals surface area contributed by atoms with E-state index in [1.807, 2.05) is 24.3 Å². The first-order valence-electron chi connectivity index (χ1n) is 11.5. The summed E-state index contributed by atoms with van der Waals surface area (Å²) in [5.41, 5.74) is 3.38. The van der Waals surface area contributed by atoms with Crippen LogP contribution in [0.15, 0.2) is 89.2 Å². The molecular weight excluding hydrogens is 476 g/mol. The van der Waals surface area contributed by atoms with Crippen LogP contribution in [0.1, 0.15) is 16.8 Å². The highest BCUT2D eigenvalue weighted by Gasteiger charge is 2.25. The summed E-state index contributed by atoms with van der Waals surface area (Å²) in [5.74, 6) is 0.460. The molecule has 180 valence electrons. The molecule has 0 saturated carbocycles. The second-order valence-corrected chi connectivity index (χ2v) is 10.5. The quantitative estimate of drug-likeness (QED) is 0.396. The van der Waals surface area contributed by atoms with Gasteiger partial charge in [-0.15, -0.1) is 0 Å². The number of H-pyrrole nitrogens is 1. The molecule has 1 aliphatic rings. The summed E-state index contributed by atoms with van der Waals surface area (Å²) in [6.07, 6.45) is 6.97. The molecular formula is C26H22N6O3S. The van der Waals surface area contributed by atoms with Gasteiger partial charge in [0.1, 0.15) is 12.2 Å². The van der Waals surface area contributed by atoms with Gasteiger partial charge in [0.05, 0.1) is 27.2 Å². The van der Waals surface area contributed by atoms with Crippen molar-refractivity contribution in [3.63, 3.8) is 0 Å². The Hall–Kier alpha value is -4.15. The molecule has 0 saturated heterocycles. The molecule has 0 aliphatic carbocycles. The summed E-state index contributed by atoms with van der Waals surface area (Å²) >= 11 is 0. The monoisotopic (exact) mass is 498 g/mol. The third-order valence-corrected chi connectivity index (χ3v) is 8.12. The van der Waals surface area contributed by atoms with E-state index in [2.05, 4.69) is 24.8 Å². The SMILES string of the molecule is O=c1[nH]c(-c2cncnc2)nc2c1CN(Cc1cn(S(=O)(=O)c3ccccc3)c3ccccc13)CC2. The molecule has 0 unspecified atom stereocenters. The molecule has 6 rings (SSSR count). The molecule has 4 heterocycles. The molecule has 0 bridgehead atoms. The average Bonchev–Trinajstić information content (AvgIpc) is 3.29. The number of aromatic nitrogens is 5. The van der Waals surface area contributed by atoms with Gasteiger partial charge in [0.2, 0.25) is 0 Å². The van der Waals surface area contributed by atoms with E-state index < -0.39 is 10.0 Å². The van der Waals surface area contributed by atoms with Crippen molar-refractivity contribution in [2.45, 2.75) is 24.4 Å². The number of fused-ring (bicyclic) bond motifs is 2. The summed E-state index contributed by atoms with van der Waals surface area (Å²) in [4.78, 5) is 30.8. The molecule has 0 amide bonds. The Morgan fingerprint density at radius 3 is 2.53 bits per heavy atom. The fourth-order valence-electron chi connectivity index (χ4n) is 4.66. The molecule has 2 aromatic carbocycles. The zero-order valence-corrected chi connectivity index (χ0v) is 20.0. The van der Waals surface area contributed by atoms with Crippen molar-refractivity contribution < 1.29 is 8.42 Å². The number of rotatable bonds is 5. The van der Waals surface area contributed by atoms with Crippen molar-refractivity contribution in [3.05, 3.63) is 107 Å². The highest BCUT2D eigenvalue weighted by Crippen LogP contribution is 2.28. The van der Waals surface area contributed by atoms with Gasteiger partial charge in [0.25, 0.3) is 15.6 Å². The second kappa shape index (κ2) is 8.81. The van der Waals surface area contributed by atoms with Crippen LogP contribution in [0.5, 0.6) is 0 Å². The minimum absolute atomic E-state index is 0.183. The van der Waals surface area contributed by atoms with Crippen molar-refractivity contribution >= 4 is 20.9 Å². The van der Waals surface area contributed by atoms with Crippen molar-refractivity contribution in [1.29, 1.82) is 0 Å². The molecule has 0 spiro atoms. The fourth-order valence-corrected chi connectivity index (χ4v) is 6.08. The Balaban J connectivity index is 1.32. The van der Waals surface area contributed by atoms with E-state index in [1.54, 1.807) is 48.9 Å². The van der Waals surface area contributed by atoms with Gasteiger partial charge in [-0.3, -0.25) is 9.69 Å². The van der Waals surface area contributed by atoms with Crippen molar-refractivity contribution in [3.8, 4) is 11.4 Å². The van der Waals surface area contributed by atoms with Crippen LogP contribution >= 0.6 is 0 Å². The van der Waals surface area contributed by atoms with Crippen LogP contribution in [0.25, 0.3) is 22.3 Å². The average molecular weight is 499 g/mol. The van der Waals surface area contributed by atoms with E-state index in [9.17, 15) is 13.2 Å². The van der Waals surface area contributed by atoms with E-state index in [0.717, 1.165) is 16.6 Å². The zero-order valence-electron chi connectivity index (χ0n) is 19.2. The second-order valence-electron chi connectivity index (χ2n) is 8.71. The van der Waals surface area contributed by atoms with E-state index in [4.69, 9.17) is 0 Å². The van der Waals surface area contributed by atoms with Crippen LogP contribution in [0.3, 0.4) is 0 Å². The maximum atomic E-state index is 13.4. The lowest BCUT2D eigenvalue weighted by Gasteiger charge is -2.27. The lowest BCUT2D eigenvalue weighted by atomic mass is 10.1. The van der Waals surface area contributed by atoms with Crippen LogP contribution in [-0.2, 0) is 29.5 Å². The third-order valence-electron chi connectivity index (χ3n) is 6.44. The minimum atomic E-state index is -3.75. The Morgan fingerprint density at radius 1 is 0.972 bits per heavy atom. The Kier molecular flexibility index (Phi) is 5.46. The normalized spacial score (nSPS) is 14.1. The number of nitrogens with one attached hydrogen (secondary N) is 1. The van der Waals surface area contributed by atoms with E-state index in [-0.39, 0.29) is 10.5 Å². The van der Waals surface area contributed by atoms with Crippen LogP contribution in [-0.4, -0.2) is 43.8 Å². The Bertz CT molecular complexity index is 1730. The summed E-state index contributed by atoms with van der Waals surface area (Å²) in [7, 11) is -3.75.